The van der Waals surface area contributed by atoms with E-state index in [-0.39, 0.29) is 0 Å². The zero-order valence-corrected chi connectivity index (χ0v) is 46.5. The summed E-state index contributed by atoms with van der Waals surface area (Å²) in [5, 5.41) is 0. The van der Waals surface area contributed by atoms with Gasteiger partial charge in [0.25, 0.3) is 0 Å². The maximum atomic E-state index is 5.95. The van der Waals surface area contributed by atoms with Crippen molar-refractivity contribution in [1.29, 1.82) is 0 Å². The number of hydrogen-bond donors (Lipinski definition) is 0. The third kappa shape index (κ3) is 8.91. The second-order valence-corrected chi connectivity index (χ2v) is 22.1. The van der Waals surface area contributed by atoms with Gasteiger partial charge in [-0.3, -0.25) is 0 Å². The summed E-state index contributed by atoms with van der Waals surface area (Å²) in [5.41, 5.74) is 10.2. The first kappa shape index (κ1) is 50.0. The van der Waals surface area contributed by atoms with E-state index < -0.39 is 40.9 Å². The Morgan fingerprint density at radius 3 is 0.597 bits per heavy atom. The maximum absolute atomic E-state index is 5.95. The Morgan fingerprint density at radius 1 is 0.264 bits per heavy atom. The van der Waals surface area contributed by atoms with Crippen molar-refractivity contribution >= 4 is 78.8 Å². The second-order valence-electron chi connectivity index (χ2n) is 15.9. The number of hydrogen-bond acceptors (Lipinski definition) is 14. The molecular weight excluding hydrogens is 1150 g/mol. The zero-order valence-electron chi connectivity index (χ0n) is 41.8. The Balaban J connectivity index is 1.52. The summed E-state index contributed by atoms with van der Waals surface area (Å²) in [6.07, 6.45) is 8.34. The van der Waals surface area contributed by atoms with E-state index in [1.165, 1.54) is 0 Å². The van der Waals surface area contributed by atoms with Crippen LogP contribution in [0.3, 0.4) is 0 Å². The molecule has 7 aromatic rings. The first-order valence-electron chi connectivity index (χ1n) is 22.3. The molecule has 16 heteroatoms. The number of fused-ring (bicyclic) bond motifs is 8. The van der Waals surface area contributed by atoms with E-state index >= 15 is 0 Å². The fourth-order valence-electron chi connectivity index (χ4n) is 9.06. The monoisotopic (exact) mass is 1200 g/mol. The molecule has 2 aliphatic heterocycles. The Labute approximate surface area is 437 Å². The third-order valence-corrected chi connectivity index (χ3v) is 18.7. The molecule has 2 aliphatic rings. The molecule has 14 nitrogen and oxygen atoms in total. The summed E-state index contributed by atoms with van der Waals surface area (Å²) >= 11 is -2.47. The molecule has 0 amide bonds. The van der Waals surface area contributed by atoms with Gasteiger partial charge in [-0.25, -0.2) is 0 Å². The van der Waals surface area contributed by atoms with Crippen molar-refractivity contribution in [2.45, 2.75) is 0 Å². The van der Waals surface area contributed by atoms with Gasteiger partial charge in [0, 0.05) is 0 Å². The van der Waals surface area contributed by atoms with Crippen molar-refractivity contribution in [3.05, 3.63) is 95.6 Å². The van der Waals surface area contributed by atoms with Gasteiger partial charge in [-0.05, 0) is 0 Å². The van der Waals surface area contributed by atoms with E-state index in [0.29, 0.717) is 69.0 Å². The van der Waals surface area contributed by atoms with Crippen LogP contribution in [0.5, 0.6) is 69.0 Å². The van der Waals surface area contributed by atoms with E-state index in [2.05, 4.69) is 48.6 Å². The molecule has 0 spiro atoms. The zero-order chi connectivity index (χ0) is 50.8. The summed E-state index contributed by atoms with van der Waals surface area (Å²) in [6.45, 7) is 0. The van der Waals surface area contributed by atoms with Gasteiger partial charge in [-0.2, -0.15) is 0 Å². The van der Waals surface area contributed by atoms with E-state index in [1.807, 2.05) is 48.5 Å². The van der Waals surface area contributed by atoms with Crippen molar-refractivity contribution in [1.82, 2.24) is 9.97 Å². The average Bonchev–Trinajstić information content (AvgIpc) is 4.28. The minimum atomic E-state index is -1.24. The molecule has 9 rings (SSSR count). The molecule has 0 atom stereocenters. The number of ether oxygens (including phenoxy) is 12. The van der Waals surface area contributed by atoms with Crippen LogP contribution >= 0.6 is 0 Å². The molecule has 4 aromatic carbocycles. The molecule has 8 bridgehead atoms. The molecule has 0 aliphatic carbocycles. The Morgan fingerprint density at radius 2 is 0.444 bits per heavy atom. The Bertz CT molecular complexity index is 2940. The van der Waals surface area contributed by atoms with Crippen molar-refractivity contribution in [3.63, 3.8) is 0 Å². The minimum absolute atomic E-state index is 0.488. The SMILES string of the molecule is COc1cc(-c2c3nc(c(-c4cc(OC)c(OC)c(OC)c4)c4ccc([te]4)c(-c4cc(OC)c(OC)c(OC)c4)c4nc(c(-c5cc(OC)c(OC)c(OC)c5)c5ccc2[te]5)C=C4)C=C3)cc(OC)c1OC. The molecule has 0 unspecified atom stereocenters. The van der Waals surface area contributed by atoms with Gasteiger partial charge < -0.3 is 0 Å². The van der Waals surface area contributed by atoms with Gasteiger partial charge in [0.2, 0.25) is 0 Å². The fraction of sp³-hybridized carbons (Fsp3) is 0.214. The second kappa shape index (κ2) is 21.4. The van der Waals surface area contributed by atoms with Gasteiger partial charge in [0.1, 0.15) is 0 Å². The molecular formula is C56H52N2O12Te2. The van der Waals surface area contributed by atoms with Crippen molar-refractivity contribution < 1.29 is 56.8 Å². The summed E-state index contributed by atoms with van der Waals surface area (Å²) in [5.74, 6) is 6.12. The predicted octanol–water partition coefficient (Wildman–Crippen LogP) is 10.9. The van der Waals surface area contributed by atoms with Crippen molar-refractivity contribution in [2.24, 2.45) is 0 Å². The van der Waals surface area contributed by atoms with Gasteiger partial charge in [-0.1, -0.05) is 0 Å². The molecule has 0 fully saturated rings. The van der Waals surface area contributed by atoms with Crippen LogP contribution in [-0.2, 0) is 0 Å². The summed E-state index contributed by atoms with van der Waals surface area (Å²) in [4.78, 5) is 11.2. The standard InChI is InChI=1S/C56H52N2O12Te2/c1-59-37-21-29(22-38(60-2)53(37)67-9)49-33-13-14-34(57-33)50(30-23-39(61-3)54(68-10)40(24-30)62-4)47-19-20-48(72-47)52(32-27-43(65-7)56(70-12)44(28-32)66-8)36-16-15-35(58-36)51(46-18-17-45(49)71-46)31-25-41(63-5)55(69-11)42(26-31)64-6/h13-28H,1-12H3. The first-order valence-corrected chi connectivity index (χ1v) is 27.0. The topological polar surface area (TPSA) is 137 Å². The summed E-state index contributed by atoms with van der Waals surface area (Å²) in [7, 11) is 19.4. The number of aromatic nitrogens is 2. The molecule has 5 heterocycles. The molecule has 72 heavy (non-hydrogen) atoms. The Hall–Kier alpha value is -6.94. The molecule has 0 saturated carbocycles. The molecule has 0 radical (unpaired) electrons. The van der Waals surface area contributed by atoms with Gasteiger partial charge in [0.05, 0.1) is 0 Å². The predicted molar refractivity (Wildman–Crippen MR) is 284 cm³/mol. The van der Waals surface area contributed by atoms with Gasteiger partial charge in [0.15, 0.2) is 0 Å². The van der Waals surface area contributed by atoms with E-state index in [0.717, 1.165) is 80.9 Å². The molecule has 0 saturated heterocycles. The van der Waals surface area contributed by atoms with Crippen LogP contribution in [0.25, 0.3) is 82.4 Å². The number of nitrogens with zero attached hydrogens (tertiary/aromatic N) is 2. The van der Waals surface area contributed by atoms with E-state index in [1.54, 1.807) is 85.3 Å². The van der Waals surface area contributed by atoms with E-state index in [9.17, 15) is 0 Å². The van der Waals surface area contributed by atoms with Crippen LogP contribution in [0, 0.1) is 0 Å². The van der Waals surface area contributed by atoms with Crippen LogP contribution in [0.15, 0.2) is 72.8 Å². The van der Waals surface area contributed by atoms with E-state index in [4.69, 9.17) is 66.8 Å². The first-order chi connectivity index (χ1) is 35.1. The Kier molecular flexibility index (Phi) is 14.9. The molecule has 370 valence electrons. The van der Waals surface area contributed by atoms with Crippen LogP contribution in [0.4, 0.5) is 0 Å². The number of methoxy groups -OCH3 is 12. The average molecular weight is 1200 g/mol. The van der Waals surface area contributed by atoms with Crippen LogP contribution in [0.1, 0.15) is 22.8 Å². The normalized spacial score (nSPS) is 11.5. The van der Waals surface area contributed by atoms with Gasteiger partial charge >= 0.3 is 440 Å². The number of rotatable bonds is 16. The van der Waals surface area contributed by atoms with Gasteiger partial charge in [-0.15, -0.1) is 0 Å². The van der Waals surface area contributed by atoms with Crippen LogP contribution in [0.2, 0.25) is 0 Å². The summed E-state index contributed by atoms with van der Waals surface area (Å²) < 4.78 is 75.3. The number of benzene rings is 4. The molecule has 3 aromatic heterocycles. The van der Waals surface area contributed by atoms with Crippen molar-refractivity contribution in [3.8, 4) is 114 Å². The van der Waals surface area contributed by atoms with Crippen LogP contribution < -0.4 is 56.8 Å². The fourth-order valence-corrected chi connectivity index (χ4v) is 15.7. The third-order valence-electron chi connectivity index (χ3n) is 12.3. The summed E-state index contributed by atoms with van der Waals surface area (Å²) in [6, 6.07) is 24.7. The van der Waals surface area contributed by atoms with Crippen LogP contribution in [-0.4, -0.2) is 136 Å². The quantitative estimate of drug-likeness (QED) is 0.0849. The molecule has 0 N–H and O–H groups in total. The van der Waals surface area contributed by atoms with Crippen molar-refractivity contribution in [2.75, 3.05) is 85.3 Å².